The molecule has 0 atom stereocenters. The van der Waals surface area contributed by atoms with Crippen LogP contribution in [0, 0.1) is 0 Å². The zero-order chi connectivity index (χ0) is 12.7. The van der Waals surface area contributed by atoms with E-state index in [0.29, 0.717) is 0 Å². The van der Waals surface area contributed by atoms with Gasteiger partial charge in [-0.25, -0.2) is 0 Å². The third kappa shape index (κ3) is 3.54. The molecule has 0 aliphatic carbocycles. The van der Waals surface area contributed by atoms with E-state index < -0.39 is 0 Å². The number of hydrogen-bond acceptors (Lipinski definition) is 4. The minimum absolute atomic E-state index is 0.737. The Morgan fingerprint density at radius 2 is 1.76 bits per heavy atom. The van der Waals surface area contributed by atoms with Gasteiger partial charge in [-0.1, -0.05) is 0 Å². The molecule has 0 unspecified atom stereocenters. The highest BCUT2D eigenvalue weighted by atomic mass is 32.2. The van der Waals surface area contributed by atoms with Crippen LogP contribution in [0.25, 0.3) is 0 Å². The molecule has 1 aromatic carbocycles. The first kappa shape index (κ1) is 14.2. The molecule has 0 aliphatic rings. The summed E-state index contributed by atoms with van der Waals surface area (Å²) in [7, 11) is 3.41. The quantitative estimate of drug-likeness (QED) is 0.601. The van der Waals surface area contributed by atoms with E-state index >= 15 is 0 Å². The summed E-state index contributed by atoms with van der Waals surface area (Å²) < 4.78 is 10.8. The van der Waals surface area contributed by atoms with Gasteiger partial charge in [-0.05, 0) is 44.2 Å². The topological polar surface area (TPSA) is 44.5 Å². The molecular weight excluding hydrogens is 234 g/mol. The Morgan fingerprint density at radius 1 is 1.12 bits per heavy atom. The molecule has 0 aliphatic heterocycles. The van der Waals surface area contributed by atoms with Gasteiger partial charge in [0.25, 0.3) is 0 Å². The largest absolute Gasteiger partial charge is 0.496 e. The maximum absolute atomic E-state index is 5.53. The van der Waals surface area contributed by atoms with Crippen molar-refractivity contribution in [3.05, 3.63) is 17.7 Å². The molecule has 3 nitrogen and oxygen atoms in total. The van der Waals surface area contributed by atoms with Crippen LogP contribution < -0.4 is 15.2 Å². The minimum atomic E-state index is 0.737. The second kappa shape index (κ2) is 7.45. The maximum Gasteiger partial charge on any atom is 0.132 e. The predicted molar refractivity (Wildman–Crippen MR) is 73.3 cm³/mol. The van der Waals surface area contributed by atoms with Gasteiger partial charge in [0.05, 0.1) is 19.1 Å². The lowest BCUT2D eigenvalue weighted by Crippen LogP contribution is -2.01. The Morgan fingerprint density at radius 3 is 2.29 bits per heavy atom. The first-order valence-electron chi connectivity index (χ1n) is 5.76. The van der Waals surface area contributed by atoms with Gasteiger partial charge < -0.3 is 15.2 Å². The number of unbranched alkanes of at least 4 members (excludes halogenated alkanes) is 1. The van der Waals surface area contributed by atoms with E-state index in [2.05, 4.69) is 6.26 Å². The molecule has 17 heavy (non-hydrogen) atoms. The van der Waals surface area contributed by atoms with Crippen LogP contribution in [0.1, 0.15) is 18.4 Å². The van der Waals surface area contributed by atoms with Gasteiger partial charge in [0, 0.05) is 5.56 Å². The average Bonchev–Trinajstić information content (AvgIpc) is 2.38. The van der Waals surface area contributed by atoms with E-state index in [9.17, 15) is 0 Å². The zero-order valence-electron chi connectivity index (χ0n) is 10.8. The standard InChI is InChI=1S/C13H21NO2S/c1-15-11-7-8-12(16-2)13(17-3)10(11)6-4-5-9-14/h7-8H,4-6,9,14H2,1-3H3. The summed E-state index contributed by atoms with van der Waals surface area (Å²) in [4.78, 5) is 1.17. The smallest absolute Gasteiger partial charge is 0.132 e. The third-order valence-corrected chi connectivity index (χ3v) is 3.56. The zero-order valence-corrected chi connectivity index (χ0v) is 11.6. The Kier molecular flexibility index (Phi) is 6.22. The van der Waals surface area contributed by atoms with E-state index in [0.717, 1.165) is 37.3 Å². The van der Waals surface area contributed by atoms with Gasteiger partial charge in [0.15, 0.2) is 0 Å². The van der Waals surface area contributed by atoms with Crippen molar-refractivity contribution >= 4 is 11.8 Å². The first-order valence-corrected chi connectivity index (χ1v) is 6.98. The fraction of sp³-hybridized carbons (Fsp3) is 0.538. The highest BCUT2D eigenvalue weighted by Crippen LogP contribution is 2.37. The molecule has 2 N–H and O–H groups in total. The molecule has 96 valence electrons. The van der Waals surface area contributed by atoms with E-state index in [4.69, 9.17) is 15.2 Å². The number of benzene rings is 1. The van der Waals surface area contributed by atoms with Crippen LogP contribution in [0.15, 0.2) is 17.0 Å². The van der Waals surface area contributed by atoms with E-state index in [1.165, 1.54) is 10.5 Å². The lowest BCUT2D eigenvalue weighted by atomic mass is 10.1. The van der Waals surface area contributed by atoms with Crippen molar-refractivity contribution in [1.29, 1.82) is 0 Å². The summed E-state index contributed by atoms with van der Waals surface area (Å²) in [6.45, 7) is 0.737. The van der Waals surface area contributed by atoms with Crippen LogP contribution in [0.3, 0.4) is 0 Å². The summed E-state index contributed by atoms with van der Waals surface area (Å²) in [5.74, 6) is 1.85. The molecular formula is C13H21NO2S. The van der Waals surface area contributed by atoms with Gasteiger partial charge >= 0.3 is 0 Å². The number of ether oxygens (including phenoxy) is 2. The van der Waals surface area contributed by atoms with Crippen LogP contribution in [0.5, 0.6) is 11.5 Å². The van der Waals surface area contributed by atoms with Crippen molar-refractivity contribution in [1.82, 2.24) is 0 Å². The Balaban J connectivity index is 3.02. The van der Waals surface area contributed by atoms with Crippen molar-refractivity contribution in [2.75, 3.05) is 27.0 Å². The Hall–Kier alpha value is -0.870. The molecule has 0 aromatic heterocycles. The summed E-state index contributed by atoms with van der Waals surface area (Å²) in [5.41, 5.74) is 6.76. The molecule has 0 radical (unpaired) electrons. The van der Waals surface area contributed by atoms with Gasteiger partial charge in [0.2, 0.25) is 0 Å². The summed E-state index contributed by atoms with van der Waals surface area (Å²) in [6, 6.07) is 3.92. The molecule has 0 spiro atoms. The molecule has 0 amide bonds. The van der Waals surface area contributed by atoms with Gasteiger partial charge in [0.1, 0.15) is 11.5 Å². The summed E-state index contributed by atoms with van der Waals surface area (Å²) in [6.07, 6.45) is 5.15. The minimum Gasteiger partial charge on any atom is -0.496 e. The highest BCUT2D eigenvalue weighted by molar-refractivity contribution is 7.98. The van der Waals surface area contributed by atoms with Crippen LogP contribution >= 0.6 is 11.8 Å². The van der Waals surface area contributed by atoms with Crippen molar-refractivity contribution in [3.8, 4) is 11.5 Å². The fourth-order valence-electron chi connectivity index (χ4n) is 1.85. The lowest BCUT2D eigenvalue weighted by Gasteiger charge is -2.15. The number of methoxy groups -OCH3 is 2. The van der Waals surface area contributed by atoms with Gasteiger partial charge in [-0.15, -0.1) is 11.8 Å². The summed E-state index contributed by atoms with van der Waals surface area (Å²) in [5, 5.41) is 0. The second-order valence-corrected chi connectivity index (χ2v) is 4.54. The molecule has 0 fully saturated rings. The highest BCUT2D eigenvalue weighted by Gasteiger charge is 2.13. The third-order valence-electron chi connectivity index (χ3n) is 2.71. The molecule has 0 saturated heterocycles. The lowest BCUT2D eigenvalue weighted by molar-refractivity contribution is 0.388. The maximum atomic E-state index is 5.53. The number of hydrogen-bond donors (Lipinski definition) is 1. The SMILES string of the molecule is COc1ccc(OC)c(SC)c1CCCCN. The number of rotatable bonds is 7. The number of thioether (sulfide) groups is 1. The van der Waals surface area contributed by atoms with Crippen molar-refractivity contribution < 1.29 is 9.47 Å². The van der Waals surface area contributed by atoms with Crippen LogP contribution in [0.4, 0.5) is 0 Å². The van der Waals surface area contributed by atoms with Gasteiger partial charge in [-0.3, -0.25) is 0 Å². The van der Waals surface area contributed by atoms with Crippen LogP contribution in [-0.2, 0) is 6.42 Å². The van der Waals surface area contributed by atoms with E-state index in [-0.39, 0.29) is 0 Å². The van der Waals surface area contributed by atoms with E-state index in [1.54, 1.807) is 26.0 Å². The van der Waals surface area contributed by atoms with Crippen LogP contribution in [-0.4, -0.2) is 27.0 Å². The van der Waals surface area contributed by atoms with Crippen molar-refractivity contribution in [2.45, 2.75) is 24.2 Å². The Bertz CT molecular complexity index is 356. The normalized spacial score (nSPS) is 10.4. The molecule has 4 heteroatoms. The summed E-state index contributed by atoms with van der Waals surface area (Å²) >= 11 is 1.70. The average molecular weight is 255 g/mol. The monoisotopic (exact) mass is 255 g/mol. The number of nitrogens with two attached hydrogens (primary N) is 1. The molecule has 0 bridgehead atoms. The predicted octanol–water partition coefficient (Wildman–Crippen LogP) is 2.71. The van der Waals surface area contributed by atoms with Crippen molar-refractivity contribution in [2.24, 2.45) is 5.73 Å². The molecule has 0 saturated carbocycles. The van der Waals surface area contributed by atoms with Crippen molar-refractivity contribution in [3.63, 3.8) is 0 Å². The van der Waals surface area contributed by atoms with Gasteiger partial charge in [-0.2, -0.15) is 0 Å². The van der Waals surface area contributed by atoms with Crippen LogP contribution in [0.2, 0.25) is 0 Å². The fourth-order valence-corrected chi connectivity index (χ4v) is 2.65. The molecule has 1 rings (SSSR count). The molecule has 1 aromatic rings. The Labute approximate surface area is 108 Å². The van der Waals surface area contributed by atoms with E-state index in [1.807, 2.05) is 12.1 Å². The first-order chi connectivity index (χ1) is 8.28. The molecule has 0 heterocycles. The second-order valence-electron chi connectivity index (χ2n) is 3.73.